The van der Waals surface area contributed by atoms with E-state index >= 15 is 0 Å². The lowest BCUT2D eigenvalue weighted by molar-refractivity contribution is 0.617. The lowest BCUT2D eigenvalue weighted by atomic mass is 9.99. The third kappa shape index (κ3) is 3.55. The van der Waals surface area contributed by atoms with E-state index in [-0.39, 0.29) is 5.82 Å². The molecular weight excluding hydrogens is 211 g/mol. The van der Waals surface area contributed by atoms with Crippen molar-refractivity contribution in [3.8, 4) is 0 Å². The van der Waals surface area contributed by atoms with Crippen LogP contribution in [-0.2, 0) is 6.42 Å². The average Bonchev–Trinajstić information content (AvgIpc) is 2.35. The standard InChI is InChI=1S/C16H19F/c1-13-12-15(10-11-16(13)17)9-5-8-14-6-3-2-4-7-14/h3,6-7,10-12H,2,4-5,8-9H2,1H3. The molecule has 0 saturated heterocycles. The minimum absolute atomic E-state index is 0.105. The van der Waals surface area contributed by atoms with Crippen LogP contribution >= 0.6 is 0 Å². The molecular formula is C16H19F. The molecule has 0 spiro atoms. The van der Waals surface area contributed by atoms with E-state index in [2.05, 4.69) is 18.2 Å². The molecule has 1 aromatic carbocycles. The van der Waals surface area contributed by atoms with Gasteiger partial charge in [0.15, 0.2) is 0 Å². The first-order valence-corrected chi connectivity index (χ1v) is 6.36. The molecule has 0 aliphatic heterocycles. The molecule has 0 bridgehead atoms. The fourth-order valence-corrected chi connectivity index (χ4v) is 2.21. The summed E-state index contributed by atoms with van der Waals surface area (Å²) in [6.07, 6.45) is 12.5. The van der Waals surface area contributed by atoms with Gasteiger partial charge in [0.1, 0.15) is 5.82 Å². The van der Waals surface area contributed by atoms with E-state index in [9.17, 15) is 4.39 Å². The molecule has 1 aromatic rings. The smallest absolute Gasteiger partial charge is 0.126 e. The van der Waals surface area contributed by atoms with Gasteiger partial charge in [-0.15, -0.1) is 0 Å². The molecule has 0 amide bonds. The number of hydrogen-bond donors (Lipinski definition) is 0. The predicted molar refractivity (Wildman–Crippen MR) is 70.5 cm³/mol. The van der Waals surface area contributed by atoms with Gasteiger partial charge in [-0.25, -0.2) is 4.39 Å². The molecule has 0 radical (unpaired) electrons. The molecule has 1 aliphatic carbocycles. The molecule has 2 rings (SSSR count). The Labute approximate surface area is 103 Å². The first-order valence-electron chi connectivity index (χ1n) is 6.36. The summed E-state index contributed by atoms with van der Waals surface area (Å²) in [6.45, 7) is 1.82. The molecule has 0 N–H and O–H groups in total. The number of halogens is 1. The number of hydrogen-bond acceptors (Lipinski definition) is 0. The summed E-state index contributed by atoms with van der Waals surface area (Å²) in [5, 5.41) is 0. The monoisotopic (exact) mass is 230 g/mol. The third-order valence-corrected chi connectivity index (χ3v) is 3.23. The Kier molecular flexibility index (Phi) is 4.13. The number of benzene rings is 1. The van der Waals surface area contributed by atoms with Crippen molar-refractivity contribution in [2.75, 3.05) is 0 Å². The van der Waals surface area contributed by atoms with Gasteiger partial charge in [0.25, 0.3) is 0 Å². The second-order valence-corrected chi connectivity index (χ2v) is 4.70. The summed E-state index contributed by atoms with van der Waals surface area (Å²) in [5.74, 6) is -0.105. The van der Waals surface area contributed by atoms with Gasteiger partial charge >= 0.3 is 0 Å². The first kappa shape index (κ1) is 12.1. The second kappa shape index (κ2) is 5.81. The quantitative estimate of drug-likeness (QED) is 0.701. The van der Waals surface area contributed by atoms with Gasteiger partial charge in [-0.2, -0.15) is 0 Å². The molecule has 0 unspecified atom stereocenters. The summed E-state index contributed by atoms with van der Waals surface area (Å²) in [6, 6.07) is 5.43. The molecule has 1 heteroatoms. The number of allylic oxidation sites excluding steroid dienone is 4. The zero-order chi connectivity index (χ0) is 12.1. The van der Waals surface area contributed by atoms with Crippen LogP contribution in [0, 0.1) is 12.7 Å². The topological polar surface area (TPSA) is 0 Å². The van der Waals surface area contributed by atoms with E-state index < -0.39 is 0 Å². The molecule has 0 heterocycles. The van der Waals surface area contributed by atoms with E-state index in [1.165, 1.54) is 24.0 Å². The fraction of sp³-hybridized carbons (Fsp3) is 0.375. The minimum Gasteiger partial charge on any atom is -0.207 e. The van der Waals surface area contributed by atoms with Gasteiger partial charge in [0.2, 0.25) is 0 Å². The van der Waals surface area contributed by atoms with Crippen LogP contribution in [0.25, 0.3) is 0 Å². The van der Waals surface area contributed by atoms with Crippen molar-refractivity contribution in [1.82, 2.24) is 0 Å². The van der Waals surface area contributed by atoms with Gasteiger partial charge in [-0.1, -0.05) is 35.9 Å². The second-order valence-electron chi connectivity index (χ2n) is 4.70. The van der Waals surface area contributed by atoms with Crippen molar-refractivity contribution < 1.29 is 4.39 Å². The summed E-state index contributed by atoms with van der Waals surface area (Å²) in [4.78, 5) is 0. The van der Waals surface area contributed by atoms with E-state index in [1.54, 1.807) is 6.07 Å². The molecule has 17 heavy (non-hydrogen) atoms. The van der Waals surface area contributed by atoms with Crippen LogP contribution in [0.3, 0.4) is 0 Å². The zero-order valence-corrected chi connectivity index (χ0v) is 10.4. The Morgan fingerprint density at radius 3 is 2.76 bits per heavy atom. The highest BCUT2D eigenvalue weighted by atomic mass is 19.1. The Morgan fingerprint density at radius 2 is 2.06 bits per heavy atom. The summed E-state index contributed by atoms with van der Waals surface area (Å²) >= 11 is 0. The lowest BCUT2D eigenvalue weighted by Crippen LogP contribution is -1.91. The maximum atomic E-state index is 13.1. The Bertz CT molecular complexity index is 441. The number of rotatable bonds is 4. The van der Waals surface area contributed by atoms with Gasteiger partial charge < -0.3 is 0 Å². The highest BCUT2D eigenvalue weighted by molar-refractivity contribution is 5.25. The maximum absolute atomic E-state index is 13.1. The van der Waals surface area contributed by atoms with Gasteiger partial charge in [0, 0.05) is 0 Å². The van der Waals surface area contributed by atoms with Gasteiger partial charge in [0.05, 0.1) is 0 Å². The van der Waals surface area contributed by atoms with E-state index in [4.69, 9.17) is 0 Å². The van der Waals surface area contributed by atoms with Crippen molar-refractivity contribution in [2.24, 2.45) is 0 Å². The van der Waals surface area contributed by atoms with Crippen LogP contribution in [0.4, 0.5) is 4.39 Å². The van der Waals surface area contributed by atoms with Crippen molar-refractivity contribution in [1.29, 1.82) is 0 Å². The molecule has 0 aromatic heterocycles. The van der Waals surface area contributed by atoms with Crippen LogP contribution in [0.5, 0.6) is 0 Å². The Morgan fingerprint density at radius 1 is 1.18 bits per heavy atom. The highest BCUT2D eigenvalue weighted by Crippen LogP contribution is 2.17. The maximum Gasteiger partial charge on any atom is 0.126 e. The molecule has 0 saturated carbocycles. The van der Waals surface area contributed by atoms with Crippen LogP contribution in [0.15, 0.2) is 42.0 Å². The summed E-state index contributed by atoms with van der Waals surface area (Å²) in [5.41, 5.74) is 3.44. The van der Waals surface area contributed by atoms with Crippen LogP contribution < -0.4 is 0 Å². The predicted octanol–water partition coefficient (Wildman–Crippen LogP) is 4.73. The zero-order valence-electron chi connectivity index (χ0n) is 10.4. The summed E-state index contributed by atoms with van der Waals surface area (Å²) < 4.78 is 13.1. The molecule has 1 aliphatic rings. The average molecular weight is 230 g/mol. The molecule has 90 valence electrons. The first-order chi connectivity index (χ1) is 8.25. The highest BCUT2D eigenvalue weighted by Gasteiger charge is 2.01. The SMILES string of the molecule is Cc1cc(CCCC2=CCCC=C2)ccc1F. The summed E-state index contributed by atoms with van der Waals surface area (Å²) in [7, 11) is 0. The van der Waals surface area contributed by atoms with E-state index in [1.807, 2.05) is 19.1 Å². The fourth-order valence-electron chi connectivity index (χ4n) is 2.21. The Balaban J connectivity index is 1.83. The van der Waals surface area contributed by atoms with Crippen LogP contribution in [0.1, 0.15) is 36.8 Å². The Hall–Kier alpha value is -1.37. The van der Waals surface area contributed by atoms with Crippen molar-refractivity contribution in [2.45, 2.75) is 39.0 Å². The van der Waals surface area contributed by atoms with Crippen molar-refractivity contribution in [3.63, 3.8) is 0 Å². The van der Waals surface area contributed by atoms with Crippen LogP contribution in [-0.4, -0.2) is 0 Å². The third-order valence-electron chi connectivity index (χ3n) is 3.23. The van der Waals surface area contributed by atoms with Gasteiger partial charge in [-0.3, -0.25) is 0 Å². The normalized spacial score (nSPS) is 14.8. The lowest BCUT2D eigenvalue weighted by Gasteiger charge is -2.07. The molecule has 0 atom stereocenters. The van der Waals surface area contributed by atoms with Crippen molar-refractivity contribution >= 4 is 0 Å². The van der Waals surface area contributed by atoms with Gasteiger partial charge in [-0.05, 0) is 56.2 Å². The van der Waals surface area contributed by atoms with Crippen molar-refractivity contribution in [3.05, 3.63) is 58.9 Å². The van der Waals surface area contributed by atoms with Crippen LogP contribution in [0.2, 0.25) is 0 Å². The minimum atomic E-state index is -0.105. The largest absolute Gasteiger partial charge is 0.207 e. The molecule has 0 nitrogen and oxygen atoms in total. The van der Waals surface area contributed by atoms with E-state index in [0.717, 1.165) is 24.8 Å². The molecule has 0 fully saturated rings. The number of aryl methyl sites for hydroxylation is 2. The van der Waals surface area contributed by atoms with E-state index in [0.29, 0.717) is 0 Å².